The van der Waals surface area contributed by atoms with Crippen molar-refractivity contribution >= 4 is 7.85 Å². The van der Waals surface area contributed by atoms with Gasteiger partial charge in [-0.15, -0.1) is 0 Å². The molecule has 9 heavy (non-hydrogen) atoms. The maximum Gasteiger partial charge on any atom is 0.139 e. The summed E-state index contributed by atoms with van der Waals surface area (Å²) in [7, 11) is 2.00. The Morgan fingerprint density at radius 3 is 2.67 bits per heavy atom. The molecule has 1 aliphatic rings. The van der Waals surface area contributed by atoms with Crippen molar-refractivity contribution in [1.29, 1.82) is 0 Å². The first-order chi connectivity index (χ1) is 4.24. The van der Waals surface area contributed by atoms with E-state index >= 15 is 0 Å². The zero-order valence-electron chi connectivity index (χ0n) is 6.00. The third-order valence-electron chi connectivity index (χ3n) is 1.81. The molecule has 0 aromatic rings. The Balaban J connectivity index is 2.38. The lowest BCUT2D eigenvalue weighted by molar-refractivity contribution is 0.0305. The van der Waals surface area contributed by atoms with E-state index in [0.717, 1.165) is 12.8 Å². The van der Waals surface area contributed by atoms with Crippen molar-refractivity contribution in [1.82, 2.24) is 0 Å². The minimum atomic E-state index is -0.218. The highest BCUT2D eigenvalue weighted by molar-refractivity contribution is 6.11. The van der Waals surface area contributed by atoms with E-state index in [9.17, 15) is 5.11 Å². The molecule has 1 unspecified atom stereocenters. The van der Waals surface area contributed by atoms with Gasteiger partial charge in [-0.1, -0.05) is 6.92 Å². The Hall–Kier alpha value is -0.0151. The molecule has 0 saturated carbocycles. The van der Waals surface area contributed by atoms with Gasteiger partial charge in [0.1, 0.15) is 7.85 Å². The minimum absolute atomic E-state index is 0.0972. The SMILES string of the molecule is B[C@H]1CC(O)[C@@H](CC)O1. The molecule has 0 aromatic carbocycles. The van der Waals surface area contributed by atoms with Crippen molar-refractivity contribution in [2.75, 3.05) is 0 Å². The molecule has 1 fully saturated rings. The maximum atomic E-state index is 9.23. The summed E-state index contributed by atoms with van der Waals surface area (Å²) in [6.45, 7) is 2.03. The van der Waals surface area contributed by atoms with Crippen LogP contribution in [0.3, 0.4) is 0 Å². The summed E-state index contributed by atoms with van der Waals surface area (Å²) in [5.74, 6) is 0. The minimum Gasteiger partial charge on any atom is -0.390 e. The van der Waals surface area contributed by atoms with Crippen LogP contribution in [-0.4, -0.2) is 31.2 Å². The standard InChI is InChI=1S/C6H13BO2/c1-2-5-4(8)3-6(7)9-5/h4-6,8H,2-3,7H2,1H3/t4?,5-,6-/m1/s1. The number of hydrogen-bond acceptors (Lipinski definition) is 2. The molecule has 1 saturated heterocycles. The van der Waals surface area contributed by atoms with Crippen molar-refractivity contribution in [3.8, 4) is 0 Å². The molecule has 2 nitrogen and oxygen atoms in total. The molecule has 0 spiro atoms. The Bertz CT molecular complexity index is 97.1. The first-order valence-corrected chi connectivity index (χ1v) is 3.57. The second-order valence-electron chi connectivity index (χ2n) is 2.70. The molecule has 1 aliphatic heterocycles. The van der Waals surface area contributed by atoms with Crippen LogP contribution in [0, 0.1) is 0 Å². The third kappa shape index (κ3) is 1.46. The smallest absolute Gasteiger partial charge is 0.139 e. The van der Waals surface area contributed by atoms with E-state index in [1.165, 1.54) is 0 Å². The van der Waals surface area contributed by atoms with Crippen molar-refractivity contribution in [3.63, 3.8) is 0 Å². The van der Waals surface area contributed by atoms with Crippen molar-refractivity contribution < 1.29 is 9.84 Å². The normalized spacial score (nSPS) is 43.6. The van der Waals surface area contributed by atoms with Gasteiger partial charge in [0.05, 0.1) is 12.2 Å². The van der Waals surface area contributed by atoms with Crippen molar-refractivity contribution in [3.05, 3.63) is 0 Å². The van der Waals surface area contributed by atoms with E-state index in [1.807, 2.05) is 14.8 Å². The van der Waals surface area contributed by atoms with E-state index in [2.05, 4.69) is 0 Å². The molecule has 1 N–H and O–H groups in total. The lowest BCUT2D eigenvalue weighted by Gasteiger charge is -2.09. The van der Waals surface area contributed by atoms with Crippen LogP contribution in [0.2, 0.25) is 0 Å². The molecule has 3 heteroatoms. The van der Waals surface area contributed by atoms with Gasteiger partial charge in [-0.3, -0.25) is 0 Å². The molecule has 1 rings (SSSR count). The van der Waals surface area contributed by atoms with Gasteiger partial charge >= 0.3 is 0 Å². The van der Waals surface area contributed by atoms with Crippen LogP contribution >= 0.6 is 0 Å². The Morgan fingerprint density at radius 2 is 2.44 bits per heavy atom. The highest BCUT2D eigenvalue weighted by Gasteiger charge is 2.29. The molecule has 0 aromatic heterocycles. The Morgan fingerprint density at radius 1 is 1.78 bits per heavy atom. The number of aliphatic hydroxyl groups excluding tert-OH is 1. The quantitative estimate of drug-likeness (QED) is 0.482. The molecule has 3 atom stereocenters. The van der Waals surface area contributed by atoms with Crippen molar-refractivity contribution in [2.24, 2.45) is 0 Å². The number of rotatable bonds is 1. The van der Waals surface area contributed by atoms with Crippen LogP contribution in [0.4, 0.5) is 0 Å². The van der Waals surface area contributed by atoms with E-state index in [4.69, 9.17) is 4.74 Å². The van der Waals surface area contributed by atoms with Gasteiger partial charge in [0.2, 0.25) is 0 Å². The molecular formula is C6H13BO2. The summed E-state index contributed by atoms with van der Waals surface area (Å²) < 4.78 is 5.37. The van der Waals surface area contributed by atoms with Crippen LogP contribution in [0.25, 0.3) is 0 Å². The summed E-state index contributed by atoms with van der Waals surface area (Å²) in [6.07, 6.45) is 1.61. The van der Waals surface area contributed by atoms with Gasteiger partial charge in [0.15, 0.2) is 0 Å². The summed E-state index contributed by atoms with van der Waals surface area (Å²) in [5.41, 5.74) is 0. The summed E-state index contributed by atoms with van der Waals surface area (Å²) >= 11 is 0. The summed E-state index contributed by atoms with van der Waals surface area (Å²) in [4.78, 5) is 0. The molecule has 0 amide bonds. The van der Waals surface area contributed by atoms with Crippen LogP contribution in [0.1, 0.15) is 19.8 Å². The molecule has 1 heterocycles. The Kier molecular flexibility index (Phi) is 2.14. The monoisotopic (exact) mass is 128 g/mol. The maximum absolute atomic E-state index is 9.23. The zero-order valence-corrected chi connectivity index (χ0v) is 6.00. The molecular weight excluding hydrogens is 115 g/mol. The third-order valence-corrected chi connectivity index (χ3v) is 1.81. The van der Waals surface area contributed by atoms with Gasteiger partial charge in [-0.2, -0.15) is 0 Å². The lowest BCUT2D eigenvalue weighted by atomic mass is 9.96. The second-order valence-corrected chi connectivity index (χ2v) is 2.70. The summed E-state index contributed by atoms with van der Waals surface area (Å²) in [6, 6.07) is 0.255. The van der Waals surface area contributed by atoms with Crippen LogP contribution in [-0.2, 0) is 4.74 Å². The fourth-order valence-corrected chi connectivity index (χ4v) is 1.30. The zero-order chi connectivity index (χ0) is 6.85. The largest absolute Gasteiger partial charge is 0.390 e. The van der Waals surface area contributed by atoms with Crippen LogP contribution in [0.15, 0.2) is 0 Å². The van der Waals surface area contributed by atoms with Crippen molar-refractivity contribution in [2.45, 2.75) is 38.0 Å². The fourth-order valence-electron chi connectivity index (χ4n) is 1.30. The highest BCUT2D eigenvalue weighted by Crippen LogP contribution is 2.19. The molecule has 0 radical (unpaired) electrons. The molecule has 52 valence electrons. The molecule has 0 aliphatic carbocycles. The molecule has 0 bridgehead atoms. The van der Waals surface area contributed by atoms with Gasteiger partial charge in [0.25, 0.3) is 0 Å². The van der Waals surface area contributed by atoms with Gasteiger partial charge in [0, 0.05) is 6.00 Å². The average molecular weight is 128 g/mol. The topological polar surface area (TPSA) is 29.5 Å². The van der Waals surface area contributed by atoms with Gasteiger partial charge in [-0.05, 0) is 12.8 Å². The average Bonchev–Trinajstić information content (AvgIpc) is 2.10. The fraction of sp³-hybridized carbons (Fsp3) is 1.00. The predicted molar refractivity (Wildman–Crippen MR) is 38.1 cm³/mol. The lowest BCUT2D eigenvalue weighted by Crippen LogP contribution is -2.19. The highest BCUT2D eigenvalue weighted by atomic mass is 16.5. The van der Waals surface area contributed by atoms with Crippen LogP contribution < -0.4 is 0 Å². The van der Waals surface area contributed by atoms with E-state index in [-0.39, 0.29) is 18.2 Å². The number of aliphatic hydroxyl groups is 1. The number of ether oxygens (including phenoxy) is 1. The van der Waals surface area contributed by atoms with E-state index in [1.54, 1.807) is 0 Å². The van der Waals surface area contributed by atoms with Gasteiger partial charge in [-0.25, -0.2) is 0 Å². The first-order valence-electron chi connectivity index (χ1n) is 3.57. The predicted octanol–water partition coefficient (Wildman–Crippen LogP) is -0.495. The first kappa shape index (κ1) is 7.10. The van der Waals surface area contributed by atoms with Gasteiger partial charge < -0.3 is 9.84 Å². The van der Waals surface area contributed by atoms with E-state index < -0.39 is 0 Å². The Labute approximate surface area is 56.6 Å². The number of hydrogen-bond donors (Lipinski definition) is 1. The van der Waals surface area contributed by atoms with E-state index in [0.29, 0.717) is 0 Å². The second kappa shape index (κ2) is 2.71. The summed E-state index contributed by atoms with van der Waals surface area (Å²) in [5, 5.41) is 9.23. The van der Waals surface area contributed by atoms with Crippen LogP contribution in [0.5, 0.6) is 0 Å².